The number of aromatic nitrogens is 1. The highest BCUT2D eigenvalue weighted by atomic mass is 16.5. The minimum absolute atomic E-state index is 0.318. The first-order valence-electron chi connectivity index (χ1n) is 5.60. The van der Waals surface area contributed by atoms with Crippen molar-refractivity contribution in [3.05, 3.63) is 41.6 Å². The van der Waals surface area contributed by atoms with Crippen LogP contribution in [0.3, 0.4) is 0 Å². The molecule has 0 amide bonds. The Morgan fingerprint density at radius 1 is 1.29 bits per heavy atom. The van der Waals surface area contributed by atoms with Gasteiger partial charge in [0.05, 0.1) is 18.2 Å². The molecule has 0 spiro atoms. The molecule has 0 saturated carbocycles. The summed E-state index contributed by atoms with van der Waals surface area (Å²) in [6.07, 6.45) is 1.88. The monoisotopic (exact) mass is 229 g/mol. The zero-order valence-corrected chi connectivity index (χ0v) is 10.2. The fourth-order valence-corrected chi connectivity index (χ4v) is 1.71. The molecular weight excluding hydrogens is 214 g/mol. The van der Waals surface area contributed by atoms with Gasteiger partial charge in [-0.05, 0) is 35.7 Å². The van der Waals surface area contributed by atoms with E-state index in [0.29, 0.717) is 11.5 Å². The van der Waals surface area contributed by atoms with Crippen molar-refractivity contribution in [1.82, 2.24) is 4.98 Å². The summed E-state index contributed by atoms with van der Waals surface area (Å²) in [5.41, 5.74) is 2.62. The third-order valence-electron chi connectivity index (χ3n) is 2.79. The summed E-state index contributed by atoms with van der Waals surface area (Å²) >= 11 is 0. The van der Waals surface area contributed by atoms with Crippen molar-refractivity contribution in [2.45, 2.75) is 19.8 Å². The van der Waals surface area contributed by atoms with Gasteiger partial charge in [-0.3, -0.25) is 4.98 Å². The number of pyridine rings is 1. The SMILES string of the molecule is COC(=O)c1ccc2ncc(C(C)C)cc2c1. The number of methoxy groups -OCH3 is 1. The third kappa shape index (κ3) is 2.28. The normalized spacial score (nSPS) is 10.8. The van der Waals surface area contributed by atoms with E-state index < -0.39 is 0 Å². The molecule has 2 aromatic rings. The van der Waals surface area contributed by atoms with Crippen molar-refractivity contribution in [3.63, 3.8) is 0 Å². The summed E-state index contributed by atoms with van der Waals surface area (Å²) in [4.78, 5) is 15.8. The Labute approximate surface area is 100 Å². The summed E-state index contributed by atoms with van der Waals surface area (Å²) in [6, 6.07) is 7.46. The molecule has 17 heavy (non-hydrogen) atoms. The highest BCUT2D eigenvalue weighted by Gasteiger charge is 2.07. The lowest BCUT2D eigenvalue weighted by molar-refractivity contribution is 0.0601. The number of benzene rings is 1. The van der Waals surface area contributed by atoms with E-state index in [2.05, 4.69) is 24.9 Å². The van der Waals surface area contributed by atoms with Gasteiger partial charge in [-0.25, -0.2) is 4.79 Å². The molecule has 3 nitrogen and oxygen atoms in total. The molecule has 0 aliphatic heterocycles. The van der Waals surface area contributed by atoms with Gasteiger partial charge in [0.2, 0.25) is 0 Å². The second-order valence-electron chi connectivity index (χ2n) is 4.32. The van der Waals surface area contributed by atoms with Crippen LogP contribution in [0.4, 0.5) is 0 Å². The molecule has 0 saturated heterocycles. The number of esters is 1. The fourth-order valence-electron chi connectivity index (χ4n) is 1.71. The van der Waals surface area contributed by atoms with E-state index in [9.17, 15) is 4.79 Å². The van der Waals surface area contributed by atoms with Crippen molar-refractivity contribution in [1.29, 1.82) is 0 Å². The Balaban J connectivity index is 2.54. The molecule has 1 aromatic heterocycles. The summed E-state index contributed by atoms with van der Waals surface area (Å²) in [7, 11) is 1.38. The van der Waals surface area contributed by atoms with Crippen LogP contribution >= 0.6 is 0 Å². The topological polar surface area (TPSA) is 39.2 Å². The molecular formula is C14H15NO2. The minimum atomic E-state index is -0.318. The van der Waals surface area contributed by atoms with Crippen molar-refractivity contribution in [2.24, 2.45) is 0 Å². The lowest BCUT2D eigenvalue weighted by atomic mass is 10.0. The Bertz CT molecular complexity index is 561. The highest BCUT2D eigenvalue weighted by molar-refractivity contribution is 5.94. The van der Waals surface area contributed by atoms with Crippen molar-refractivity contribution in [2.75, 3.05) is 7.11 Å². The van der Waals surface area contributed by atoms with Gasteiger partial charge >= 0.3 is 5.97 Å². The van der Waals surface area contributed by atoms with Crippen LogP contribution < -0.4 is 0 Å². The van der Waals surface area contributed by atoms with Crippen LogP contribution in [0, 0.1) is 0 Å². The lowest BCUT2D eigenvalue weighted by Gasteiger charge is -2.07. The van der Waals surface area contributed by atoms with Crippen LogP contribution in [-0.2, 0) is 4.74 Å². The predicted octanol–water partition coefficient (Wildman–Crippen LogP) is 3.14. The first-order valence-corrected chi connectivity index (χ1v) is 5.60. The number of fused-ring (bicyclic) bond motifs is 1. The third-order valence-corrected chi connectivity index (χ3v) is 2.79. The molecule has 0 atom stereocenters. The smallest absolute Gasteiger partial charge is 0.337 e. The van der Waals surface area contributed by atoms with E-state index in [1.165, 1.54) is 12.7 Å². The molecule has 0 aliphatic carbocycles. The van der Waals surface area contributed by atoms with E-state index in [0.717, 1.165) is 10.9 Å². The van der Waals surface area contributed by atoms with Crippen LogP contribution in [0.25, 0.3) is 10.9 Å². The van der Waals surface area contributed by atoms with Gasteiger partial charge in [0.25, 0.3) is 0 Å². The van der Waals surface area contributed by atoms with Gasteiger partial charge in [0, 0.05) is 11.6 Å². The van der Waals surface area contributed by atoms with Crippen LogP contribution in [0.1, 0.15) is 35.7 Å². The molecule has 0 bridgehead atoms. The van der Waals surface area contributed by atoms with Gasteiger partial charge < -0.3 is 4.74 Å². The summed E-state index contributed by atoms with van der Waals surface area (Å²) in [6.45, 7) is 4.24. The highest BCUT2D eigenvalue weighted by Crippen LogP contribution is 2.20. The maximum atomic E-state index is 11.4. The molecule has 0 radical (unpaired) electrons. The van der Waals surface area contributed by atoms with E-state index in [1.54, 1.807) is 6.07 Å². The molecule has 0 unspecified atom stereocenters. The van der Waals surface area contributed by atoms with Gasteiger partial charge in [0.15, 0.2) is 0 Å². The number of ether oxygens (including phenoxy) is 1. The number of hydrogen-bond acceptors (Lipinski definition) is 3. The molecule has 0 aliphatic rings. The zero-order valence-electron chi connectivity index (χ0n) is 10.2. The Morgan fingerprint density at radius 3 is 2.71 bits per heavy atom. The van der Waals surface area contributed by atoms with Crippen LogP contribution in [0.15, 0.2) is 30.5 Å². The number of carbonyl (C=O) groups is 1. The standard InChI is InChI=1S/C14H15NO2/c1-9(2)12-7-11-6-10(14(16)17-3)4-5-13(11)15-8-12/h4-9H,1-3H3. The second-order valence-corrected chi connectivity index (χ2v) is 4.32. The fraction of sp³-hybridized carbons (Fsp3) is 0.286. The molecule has 1 heterocycles. The first kappa shape index (κ1) is 11.6. The maximum absolute atomic E-state index is 11.4. The average molecular weight is 229 g/mol. The Hall–Kier alpha value is -1.90. The maximum Gasteiger partial charge on any atom is 0.337 e. The van der Waals surface area contributed by atoms with Crippen LogP contribution in [0.2, 0.25) is 0 Å². The van der Waals surface area contributed by atoms with Gasteiger partial charge in [0.1, 0.15) is 0 Å². The number of hydrogen-bond donors (Lipinski definition) is 0. The van der Waals surface area contributed by atoms with Crippen LogP contribution in [-0.4, -0.2) is 18.1 Å². The molecule has 2 rings (SSSR count). The zero-order chi connectivity index (χ0) is 12.4. The Kier molecular flexibility index (Phi) is 3.09. The van der Waals surface area contributed by atoms with Crippen molar-refractivity contribution >= 4 is 16.9 Å². The molecule has 3 heteroatoms. The van der Waals surface area contributed by atoms with Gasteiger partial charge in [-0.2, -0.15) is 0 Å². The largest absolute Gasteiger partial charge is 0.465 e. The van der Waals surface area contributed by atoms with E-state index >= 15 is 0 Å². The number of rotatable bonds is 2. The number of carbonyl (C=O) groups excluding carboxylic acids is 1. The molecule has 0 N–H and O–H groups in total. The lowest BCUT2D eigenvalue weighted by Crippen LogP contribution is -2.01. The summed E-state index contributed by atoms with van der Waals surface area (Å²) in [5.74, 6) is 0.107. The van der Waals surface area contributed by atoms with Gasteiger partial charge in [-0.15, -0.1) is 0 Å². The summed E-state index contributed by atoms with van der Waals surface area (Å²) in [5, 5.41) is 0.971. The Morgan fingerprint density at radius 2 is 2.06 bits per heavy atom. The second kappa shape index (κ2) is 4.53. The van der Waals surface area contributed by atoms with E-state index in [1.807, 2.05) is 18.3 Å². The van der Waals surface area contributed by atoms with Crippen LogP contribution in [0.5, 0.6) is 0 Å². The van der Waals surface area contributed by atoms with Crippen molar-refractivity contribution < 1.29 is 9.53 Å². The quantitative estimate of drug-likeness (QED) is 0.742. The summed E-state index contributed by atoms with van der Waals surface area (Å²) < 4.78 is 4.70. The average Bonchev–Trinajstić information content (AvgIpc) is 2.36. The minimum Gasteiger partial charge on any atom is -0.465 e. The first-order chi connectivity index (χ1) is 8.11. The molecule has 0 fully saturated rings. The predicted molar refractivity (Wildman–Crippen MR) is 67.2 cm³/mol. The molecule has 1 aromatic carbocycles. The van der Waals surface area contributed by atoms with E-state index in [-0.39, 0.29) is 5.97 Å². The number of nitrogens with zero attached hydrogens (tertiary/aromatic N) is 1. The van der Waals surface area contributed by atoms with Gasteiger partial charge in [-0.1, -0.05) is 13.8 Å². The van der Waals surface area contributed by atoms with Crippen molar-refractivity contribution in [3.8, 4) is 0 Å². The van der Waals surface area contributed by atoms with E-state index in [4.69, 9.17) is 4.74 Å². The molecule has 88 valence electrons.